The minimum Gasteiger partial charge on any atom is -0.374 e. The van der Waals surface area contributed by atoms with Crippen LogP contribution in [0.4, 0.5) is 0 Å². The molecule has 3 aromatic rings. The summed E-state index contributed by atoms with van der Waals surface area (Å²) in [7, 11) is 0. The van der Waals surface area contributed by atoms with Crippen molar-refractivity contribution in [3.8, 4) is 0 Å². The van der Waals surface area contributed by atoms with Crippen molar-refractivity contribution in [3.63, 3.8) is 0 Å². The fraction of sp³-hybridized carbons (Fsp3) is 0.379. The molecule has 2 fully saturated rings. The molecule has 0 aliphatic carbocycles. The predicted octanol–water partition coefficient (Wildman–Crippen LogP) is 3.71. The van der Waals surface area contributed by atoms with Crippen molar-refractivity contribution < 1.29 is 14.3 Å². The highest BCUT2D eigenvalue weighted by Gasteiger charge is 2.29. The smallest absolute Gasteiger partial charge is 0.254 e. The number of nitrogens with zero attached hydrogens (tertiary/aromatic N) is 2. The maximum atomic E-state index is 13.2. The van der Waals surface area contributed by atoms with Gasteiger partial charge in [0, 0.05) is 50.7 Å². The molecule has 182 valence electrons. The Bertz CT molecular complexity index is 1150. The van der Waals surface area contributed by atoms with Gasteiger partial charge in [-0.3, -0.25) is 14.5 Å². The zero-order valence-corrected chi connectivity index (χ0v) is 20.1. The van der Waals surface area contributed by atoms with E-state index in [2.05, 4.69) is 34.5 Å². The summed E-state index contributed by atoms with van der Waals surface area (Å²) in [6, 6.07) is 24.3. The Hall–Kier alpha value is -3.22. The molecule has 2 saturated heterocycles. The second-order valence-electron chi connectivity index (χ2n) is 9.55. The predicted molar refractivity (Wildman–Crippen MR) is 137 cm³/mol. The van der Waals surface area contributed by atoms with Crippen molar-refractivity contribution in [2.75, 3.05) is 39.3 Å². The lowest BCUT2D eigenvalue weighted by Gasteiger charge is -2.34. The average Bonchev–Trinajstić information content (AvgIpc) is 2.92. The molecule has 6 heteroatoms. The van der Waals surface area contributed by atoms with Gasteiger partial charge in [-0.1, -0.05) is 66.7 Å². The van der Waals surface area contributed by atoms with Crippen LogP contribution in [-0.2, 0) is 16.1 Å². The fourth-order valence-corrected chi connectivity index (χ4v) is 5.17. The van der Waals surface area contributed by atoms with Gasteiger partial charge in [0.1, 0.15) is 0 Å². The van der Waals surface area contributed by atoms with Crippen LogP contribution in [0.25, 0.3) is 10.8 Å². The Morgan fingerprint density at radius 3 is 2.46 bits per heavy atom. The van der Waals surface area contributed by atoms with Crippen LogP contribution in [0.5, 0.6) is 0 Å². The molecule has 2 heterocycles. The van der Waals surface area contributed by atoms with E-state index in [-0.39, 0.29) is 23.8 Å². The van der Waals surface area contributed by atoms with E-state index in [4.69, 9.17) is 4.74 Å². The Kier molecular flexibility index (Phi) is 7.40. The highest BCUT2D eigenvalue weighted by molar-refractivity contribution is 6.07. The summed E-state index contributed by atoms with van der Waals surface area (Å²) < 4.78 is 5.91. The topological polar surface area (TPSA) is 61.9 Å². The third kappa shape index (κ3) is 5.72. The quantitative estimate of drug-likeness (QED) is 0.596. The van der Waals surface area contributed by atoms with E-state index in [9.17, 15) is 9.59 Å². The summed E-state index contributed by atoms with van der Waals surface area (Å²) in [6.07, 6.45) is 1.38. The lowest BCUT2D eigenvalue weighted by Crippen LogP contribution is -2.49. The second-order valence-corrected chi connectivity index (χ2v) is 9.55. The van der Waals surface area contributed by atoms with Crippen LogP contribution in [0, 0.1) is 5.92 Å². The van der Waals surface area contributed by atoms with Gasteiger partial charge < -0.3 is 15.0 Å². The molecule has 0 spiro atoms. The molecule has 0 saturated carbocycles. The Morgan fingerprint density at radius 2 is 1.63 bits per heavy atom. The van der Waals surface area contributed by atoms with Crippen LogP contribution in [0.2, 0.25) is 0 Å². The third-order valence-electron chi connectivity index (χ3n) is 7.15. The van der Waals surface area contributed by atoms with Gasteiger partial charge in [-0.15, -0.1) is 0 Å². The lowest BCUT2D eigenvalue weighted by atomic mass is 9.94. The maximum absolute atomic E-state index is 13.2. The number of hydrogen-bond acceptors (Lipinski definition) is 4. The van der Waals surface area contributed by atoms with Crippen molar-refractivity contribution in [1.29, 1.82) is 0 Å². The Morgan fingerprint density at radius 1 is 0.886 bits per heavy atom. The fourth-order valence-electron chi connectivity index (χ4n) is 5.17. The van der Waals surface area contributed by atoms with Crippen LogP contribution in [0.3, 0.4) is 0 Å². The minimum atomic E-state index is -0.0596. The number of hydrogen-bond donors (Lipinski definition) is 1. The van der Waals surface area contributed by atoms with E-state index in [1.807, 2.05) is 53.4 Å². The van der Waals surface area contributed by atoms with E-state index in [1.54, 1.807) is 0 Å². The molecular formula is C29H33N3O3. The Balaban J connectivity index is 1.09. The number of carbonyl (C=O) groups excluding carboxylic acids is 2. The van der Waals surface area contributed by atoms with Gasteiger partial charge in [0.25, 0.3) is 5.91 Å². The van der Waals surface area contributed by atoms with Gasteiger partial charge in [-0.05, 0) is 35.2 Å². The molecule has 35 heavy (non-hydrogen) atoms. The minimum absolute atomic E-state index is 0.00411. The van der Waals surface area contributed by atoms with Gasteiger partial charge in [-0.25, -0.2) is 0 Å². The van der Waals surface area contributed by atoms with Crippen LogP contribution in [0.15, 0.2) is 72.8 Å². The van der Waals surface area contributed by atoms with Crippen LogP contribution >= 0.6 is 0 Å². The van der Waals surface area contributed by atoms with Crippen LogP contribution in [0.1, 0.15) is 28.8 Å². The van der Waals surface area contributed by atoms with E-state index in [1.165, 1.54) is 5.56 Å². The molecule has 0 bridgehead atoms. The van der Waals surface area contributed by atoms with E-state index in [0.29, 0.717) is 39.1 Å². The number of amides is 2. The summed E-state index contributed by atoms with van der Waals surface area (Å²) in [5.74, 6) is 0.0661. The largest absolute Gasteiger partial charge is 0.374 e. The molecule has 5 rings (SSSR count). The highest BCUT2D eigenvalue weighted by Crippen LogP contribution is 2.24. The number of ether oxygens (including phenoxy) is 1. The zero-order chi connectivity index (χ0) is 24.0. The number of likely N-dealkylation sites (tertiary alicyclic amines) is 1. The third-order valence-corrected chi connectivity index (χ3v) is 7.15. The second kappa shape index (κ2) is 11.0. The van der Waals surface area contributed by atoms with Crippen molar-refractivity contribution in [2.24, 2.45) is 5.92 Å². The first-order valence-electron chi connectivity index (χ1n) is 12.6. The van der Waals surface area contributed by atoms with Crippen molar-refractivity contribution in [3.05, 3.63) is 83.9 Å². The van der Waals surface area contributed by atoms with Crippen molar-refractivity contribution in [1.82, 2.24) is 15.1 Å². The standard InChI is InChI=1S/C29H33N3O3/c33-28(30-19-25-21-31(17-18-35-25)20-22-7-2-1-3-8-22)24-13-15-32(16-14-24)29(34)27-12-6-10-23-9-4-5-11-26(23)27/h1-12,24-25H,13-21H2,(H,30,33). The molecule has 1 atom stereocenters. The van der Waals surface area contributed by atoms with Crippen molar-refractivity contribution >= 4 is 22.6 Å². The first-order valence-corrected chi connectivity index (χ1v) is 12.6. The molecule has 2 amide bonds. The van der Waals surface area contributed by atoms with Crippen LogP contribution in [-0.4, -0.2) is 67.0 Å². The van der Waals surface area contributed by atoms with E-state index >= 15 is 0 Å². The molecule has 1 N–H and O–H groups in total. The van der Waals surface area contributed by atoms with Gasteiger partial charge in [0.2, 0.25) is 5.91 Å². The number of morpholine rings is 1. The molecule has 2 aliphatic heterocycles. The van der Waals surface area contributed by atoms with Gasteiger partial charge >= 0.3 is 0 Å². The molecule has 6 nitrogen and oxygen atoms in total. The Labute approximate surface area is 206 Å². The molecule has 3 aromatic carbocycles. The zero-order valence-electron chi connectivity index (χ0n) is 20.1. The number of carbonyl (C=O) groups is 2. The first kappa shape index (κ1) is 23.5. The molecule has 0 aromatic heterocycles. The van der Waals surface area contributed by atoms with Crippen LogP contribution < -0.4 is 5.32 Å². The summed E-state index contributed by atoms with van der Waals surface area (Å²) in [6.45, 7) is 5.03. The van der Waals surface area contributed by atoms with Gasteiger partial charge in [-0.2, -0.15) is 0 Å². The number of piperidine rings is 1. The summed E-state index contributed by atoms with van der Waals surface area (Å²) in [5, 5.41) is 5.16. The van der Waals surface area contributed by atoms with Crippen molar-refractivity contribution in [2.45, 2.75) is 25.5 Å². The van der Waals surface area contributed by atoms with E-state index in [0.717, 1.165) is 36.0 Å². The maximum Gasteiger partial charge on any atom is 0.254 e. The number of nitrogens with one attached hydrogen (secondary N) is 1. The molecule has 0 radical (unpaired) electrons. The summed E-state index contributed by atoms with van der Waals surface area (Å²) in [4.78, 5) is 30.3. The average molecular weight is 472 g/mol. The normalized spacial score (nSPS) is 19.5. The SMILES string of the molecule is O=C(NCC1CN(Cc2ccccc2)CCO1)C1CCN(C(=O)c2cccc3ccccc23)CC1. The van der Waals surface area contributed by atoms with E-state index < -0.39 is 0 Å². The number of fused-ring (bicyclic) bond motifs is 1. The molecule has 1 unspecified atom stereocenters. The summed E-state index contributed by atoms with van der Waals surface area (Å²) >= 11 is 0. The van der Waals surface area contributed by atoms with Gasteiger partial charge in [0.05, 0.1) is 12.7 Å². The monoisotopic (exact) mass is 471 g/mol. The number of rotatable bonds is 6. The highest BCUT2D eigenvalue weighted by atomic mass is 16.5. The lowest BCUT2D eigenvalue weighted by molar-refractivity contribution is -0.127. The molecular weight excluding hydrogens is 438 g/mol. The first-order chi connectivity index (χ1) is 17.2. The number of benzene rings is 3. The summed E-state index contributed by atoms with van der Waals surface area (Å²) in [5.41, 5.74) is 2.03. The van der Waals surface area contributed by atoms with Gasteiger partial charge in [0.15, 0.2) is 0 Å². The molecule has 2 aliphatic rings.